The van der Waals surface area contributed by atoms with Crippen molar-refractivity contribution in [1.82, 2.24) is 10.2 Å². The molecule has 1 aliphatic heterocycles. The van der Waals surface area contributed by atoms with Crippen LogP contribution >= 0.6 is 0 Å². The molecule has 1 saturated carbocycles. The Morgan fingerprint density at radius 1 is 1.20 bits per heavy atom. The van der Waals surface area contributed by atoms with Crippen LogP contribution in [0.3, 0.4) is 0 Å². The van der Waals surface area contributed by atoms with Gasteiger partial charge in [-0.25, -0.2) is 0 Å². The van der Waals surface area contributed by atoms with Gasteiger partial charge in [0.1, 0.15) is 0 Å². The summed E-state index contributed by atoms with van der Waals surface area (Å²) in [4.78, 5) is 2.75. The number of piperazine rings is 1. The van der Waals surface area contributed by atoms with Crippen molar-refractivity contribution < 1.29 is 0 Å². The first-order valence-electron chi connectivity index (χ1n) is 6.48. The van der Waals surface area contributed by atoms with Crippen LogP contribution in [0.5, 0.6) is 0 Å². The summed E-state index contributed by atoms with van der Waals surface area (Å²) in [5.41, 5.74) is 0. The lowest BCUT2D eigenvalue weighted by atomic mass is 10.0. The standard InChI is InChI=1S/C13H22N2/c1-10-8-14-13(11-6-7-11)9-15(10)12-4-2-3-5-12/h2-3,10-14H,4-9H2,1H3. The molecule has 3 aliphatic rings. The Labute approximate surface area is 92.7 Å². The molecule has 2 aliphatic carbocycles. The predicted molar refractivity (Wildman–Crippen MR) is 62.8 cm³/mol. The van der Waals surface area contributed by atoms with Crippen molar-refractivity contribution in [2.24, 2.45) is 5.92 Å². The van der Waals surface area contributed by atoms with Crippen LogP contribution in [0, 0.1) is 5.92 Å². The van der Waals surface area contributed by atoms with Crippen molar-refractivity contribution in [3.05, 3.63) is 12.2 Å². The molecule has 84 valence electrons. The van der Waals surface area contributed by atoms with E-state index in [-0.39, 0.29) is 0 Å². The molecule has 0 aromatic carbocycles. The summed E-state index contributed by atoms with van der Waals surface area (Å²) in [6.07, 6.45) is 10.2. The number of nitrogens with zero attached hydrogens (tertiary/aromatic N) is 1. The highest BCUT2D eigenvalue weighted by atomic mass is 15.3. The monoisotopic (exact) mass is 206 g/mol. The summed E-state index contributed by atoms with van der Waals surface area (Å²) in [5, 5.41) is 3.72. The van der Waals surface area contributed by atoms with E-state index < -0.39 is 0 Å². The maximum absolute atomic E-state index is 3.72. The fraction of sp³-hybridized carbons (Fsp3) is 0.846. The summed E-state index contributed by atoms with van der Waals surface area (Å²) < 4.78 is 0. The zero-order chi connectivity index (χ0) is 10.3. The molecule has 15 heavy (non-hydrogen) atoms. The second kappa shape index (κ2) is 3.91. The molecular weight excluding hydrogens is 184 g/mol. The minimum Gasteiger partial charge on any atom is -0.311 e. The molecule has 0 spiro atoms. The molecule has 0 amide bonds. The lowest BCUT2D eigenvalue weighted by Gasteiger charge is -2.42. The van der Waals surface area contributed by atoms with E-state index >= 15 is 0 Å². The van der Waals surface area contributed by atoms with E-state index in [4.69, 9.17) is 0 Å². The third kappa shape index (κ3) is 1.98. The van der Waals surface area contributed by atoms with Gasteiger partial charge in [0.2, 0.25) is 0 Å². The third-order valence-corrected chi connectivity index (χ3v) is 4.29. The Balaban J connectivity index is 1.63. The van der Waals surface area contributed by atoms with Crippen molar-refractivity contribution >= 4 is 0 Å². The Morgan fingerprint density at radius 3 is 2.60 bits per heavy atom. The molecule has 1 heterocycles. The van der Waals surface area contributed by atoms with E-state index in [0.717, 1.165) is 24.0 Å². The minimum atomic E-state index is 0.727. The Morgan fingerprint density at radius 2 is 1.93 bits per heavy atom. The van der Waals surface area contributed by atoms with Gasteiger partial charge in [0.05, 0.1) is 0 Å². The number of hydrogen-bond donors (Lipinski definition) is 1. The molecule has 2 nitrogen and oxygen atoms in total. The molecule has 1 saturated heterocycles. The zero-order valence-electron chi connectivity index (χ0n) is 9.65. The van der Waals surface area contributed by atoms with Crippen molar-refractivity contribution in [2.45, 2.75) is 50.7 Å². The van der Waals surface area contributed by atoms with Gasteiger partial charge in [-0.05, 0) is 38.5 Å². The quantitative estimate of drug-likeness (QED) is 0.693. The molecule has 0 aromatic rings. The van der Waals surface area contributed by atoms with E-state index in [1.807, 2.05) is 0 Å². The summed E-state index contributed by atoms with van der Waals surface area (Å²) in [6.45, 7) is 4.85. The smallest absolute Gasteiger partial charge is 0.0224 e. The van der Waals surface area contributed by atoms with Crippen LogP contribution in [-0.4, -0.2) is 36.1 Å². The molecule has 2 atom stereocenters. The molecule has 2 unspecified atom stereocenters. The van der Waals surface area contributed by atoms with Gasteiger partial charge in [-0.15, -0.1) is 0 Å². The average molecular weight is 206 g/mol. The first-order valence-corrected chi connectivity index (χ1v) is 6.48. The SMILES string of the molecule is CC1CNC(C2CC2)CN1C1CC=CC1. The fourth-order valence-electron chi connectivity index (χ4n) is 3.11. The van der Waals surface area contributed by atoms with Gasteiger partial charge in [-0.1, -0.05) is 12.2 Å². The highest BCUT2D eigenvalue weighted by Crippen LogP contribution is 2.35. The van der Waals surface area contributed by atoms with Crippen LogP contribution in [0.4, 0.5) is 0 Å². The van der Waals surface area contributed by atoms with Gasteiger partial charge in [-0.2, -0.15) is 0 Å². The maximum Gasteiger partial charge on any atom is 0.0224 e. The molecule has 3 rings (SSSR count). The van der Waals surface area contributed by atoms with E-state index in [1.54, 1.807) is 0 Å². The van der Waals surface area contributed by atoms with Gasteiger partial charge in [0, 0.05) is 31.2 Å². The summed E-state index contributed by atoms with van der Waals surface area (Å²) in [7, 11) is 0. The van der Waals surface area contributed by atoms with Crippen molar-refractivity contribution in [3.63, 3.8) is 0 Å². The van der Waals surface area contributed by atoms with Crippen LogP contribution in [-0.2, 0) is 0 Å². The summed E-state index contributed by atoms with van der Waals surface area (Å²) in [6, 6.07) is 2.33. The van der Waals surface area contributed by atoms with Crippen LogP contribution in [0.25, 0.3) is 0 Å². The molecule has 0 radical (unpaired) electrons. The molecule has 2 heteroatoms. The van der Waals surface area contributed by atoms with E-state index in [0.29, 0.717) is 0 Å². The van der Waals surface area contributed by atoms with Gasteiger partial charge >= 0.3 is 0 Å². The van der Waals surface area contributed by atoms with E-state index in [1.165, 1.54) is 38.8 Å². The fourth-order valence-corrected chi connectivity index (χ4v) is 3.11. The topological polar surface area (TPSA) is 15.3 Å². The molecule has 1 N–H and O–H groups in total. The highest BCUT2D eigenvalue weighted by Gasteiger charge is 2.37. The first-order chi connectivity index (χ1) is 7.34. The molecular formula is C13H22N2. The second-order valence-electron chi connectivity index (χ2n) is 5.49. The van der Waals surface area contributed by atoms with Crippen molar-refractivity contribution in [2.75, 3.05) is 13.1 Å². The average Bonchev–Trinajstić information content (AvgIpc) is 2.95. The van der Waals surface area contributed by atoms with Gasteiger partial charge in [-0.3, -0.25) is 4.90 Å². The lowest BCUT2D eigenvalue weighted by Crippen LogP contribution is -2.58. The zero-order valence-corrected chi connectivity index (χ0v) is 9.65. The largest absolute Gasteiger partial charge is 0.311 e. The van der Waals surface area contributed by atoms with E-state index in [2.05, 4.69) is 29.3 Å². The highest BCUT2D eigenvalue weighted by molar-refractivity contribution is 5.02. The van der Waals surface area contributed by atoms with Crippen LogP contribution in [0.1, 0.15) is 32.6 Å². The summed E-state index contributed by atoms with van der Waals surface area (Å²) in [5.74, 6) is 0.995. The molecule has 0 bridgehead atoms. The van der Waals surface area contributed by atoms with Gasteiger partial charge < -0.3 is 5.32 Å². The van der Waals surface area contributed by atoms with Crippen LogP contribution in [0.2, 0.25) is 0 Å². The van der Waals surface area contributed by atoms with E-state index in [9.17, 15) is 0 Å². The Kier molecular flexibility index (Phi) is 2.57. The first kappa shape index (κ1) is 9.86. The minimum absolute atomic E-state index is 0.727. The number of rotatable bonds is 2. The molecule has 2 fully saturated rings. The maximum atomic E-state index is 3.72. The summed E-state index contributed by atoms with van der Waals surface area (Å²) >= 11 is 0. The van der Waals surface area contributed by atoms with Gasteiger partial charge in [0.15, 0.2) is 0 Å². The third-order valence-electron chi connectivity index (χ3n) is 4.29. The van der Waals surface area contributed by atoms with Crippen molar-refractivity contribution in [3.8, 4) is 0 Å². The van der Waals surface area contributed by atoms with Crippen LogP contribution in [0.15, 0.2) is 12.2 Å². The molecule has 0 aromatic heterocycles. The second-order valence-corrected chi connectivity index (χ2v) is 5.49. The van der Waals surface area contributed by atoms with Crippen LogP contribution < -0.4 is 5.32 Å². The lowest BCUT2D eigenvalue weighted by molar-refractivity contribution is 0.0899. The Bertz CT molecular complexity index is 249. The predicted octanol–water partition coefficient (Wildman–Crippen LogP) is 1.78. The van der Waals surface area contributed by atoms with Crippen molar-refractivity contribution in [1.29, 1.82) is 0 Å². The number of hydrogen-bond acceptors (Lipinski definition) is 2. The normalized spacial score (nSPS) is 38.7. The Hall–Kier alpha value is -0.340. The van der Waals surface area contributed by atoms with Gasteiger partial charge in [0.25, 0.3) is 0 Å². The number of nitrogens with one attached hydrogen (secondary N) is 1.